The number of hydrogen-bond donors (Lipinski definition) is 1. The van der Waals surface area contributed by atoms with Gasteiger partial charge in [-0.05, 0) is 18.2 Å². The second-order valence-corrected chi connectivity index (χ2v) is 4.64. The summed E-state index contributed by atoms with van der Waals surface area (Å²) in [5, 5.41) is 19.8. The summed E-state index contributed by atoms with van der Waals surface area (Å²) in [6.07, 6.45) is -16.8. The number of nitro groups is 1. The van der Waals surface area contributed by atoms with E-state index in [1.54, 1.807) is 0 Å². The van der Waals surface area contributed by atoms with E-state index < -0.39 is 70.5 Å². The Bertz CT molecular complexity index is 603. The molecule has 1 N–H and O–H groups in total. The summed E-state index contributed by atoms with van der Waals surface area (Å²) in [7, 11) is 0. The van der Waals surface area contributed by atoms with Crippen LogP contribution in [-0.4, -0.2) is 22.8 Å². The van der Waals surface area contributed by atoms with E-state index in [0.717, 1.165) is 0 Å². The first kappa shape index (κ1) is 20.0. The Balaban J connectivity index is 3.74. The van der Waals surface area contributed by atoms with Crippen LogP contribution in [0, 0.1) is 10.1 Å². The molecule has 1 aromatic carbocycles. The lowest BCUT2D eigenvalue weighted by atomic mass is 9.89. The summed E-state index contributed by atoms with van der Waals surface area (Å²) in [5.41, 5.74) is -10.7. The summed E-state index contributed by atoms with van der Waals surface area (Å²) in [5.74, 6) is 0. The van der Waals surface area contributed by atoms with Crippen LogP contribution < -0.4 is 0 Å². The Morgan fingerprint density at radius 2 is 1.17 bits per heavy atom. The zero-order valence-electron chi connectivity index (χ0n) is 11.1. The maximum atomic E-state index is 12.9. The van der Waals surface area contributed by atoms with Crippen molar-refractivity contribution in [3.8, 4) is 0 Å². The fraction of sp³-hybridized carbons (Fsp3) is 0.455. The molecule has 0 radical (unpaired) electrons. The van der Waals surface area contributed by atoms with Crippen molar-refractivity contribution in [2.24, 2.45) is 0 Å². The van der Waals surface area contributed by atoms with E-state index in [0.29, 0.717) is 0 Å². The van der Waals surface area contributed by atoms with Crippen molar-refractivity contribution in [3.05, 3.63) is 45.0 Å². The molecule has 0 aromatic heterocycles. The van der Waals surface area contributed by atoms with Crippen LogP contribution in [0.3, 0.4) is 0 Å². The summed E-state index contributed by atoms with van der Waals surface area (Å²) in [4.78, 5) is 8.59. The third-order valence-electron chi connectivity index (χ3n) is 2.89. The van der Waals surface area contributed by atoms with Crippen molar-refractivity contribution in [2.45, 2.75) is 24.1 Å². The molecule has 0 saturated heterocycles. The molecule has 1 rings (SSSR count). The number of halogens is 9. The van der Waals surface area contributed by atoms with Crippen LogP contribution in [0.15, 0.2) is 18.2 Å². The third-order valence-corrected chi connectivity index (χ3v) is 2.89. The Labute approximate surface area is 126 Å². The smallest absolute Gasteiger partial charge is 0.371 e. The molecule has 0 bridgehead atoms. The normalized spacial score (nSPS) is 15.9. The third kappa shape index (κ3) is 4.07. The lowest BCUT2D eigenvalue weighted by Gasteiger charge is -2.28. The lowest BCUT2D eigenvalue weighted by Crippen LogP contribution is -2.48. The number of aliphatic hydroxyl groups is 1. The highest BCUT2D eigenvalue weighted by Gasteiger charge is 2.59. The Morgan fingerprint density at radius 3 is 1.42 bits per heavy atom. The summed E-state index contributed by atoms with van der Waals surface area (Å²) in [6, 6.07) is -1.29. The van der Waals surface area contributed by atoms with Gasteiger partial charge in [-0.2, -0.15) is 39.5 Å². The molecular formula is C11H6F9NO3. The highest BCUT2D eigenvalue weighted by molar-refractivity contribution is 5.37. The Kier molecular flexibility index (Phi) is 4.82. The van der Waals surface area contributed by atoms with E-state index in [1.165, 1.54) is 0 Å². The van der Waals surface area contributed by atoms with Crippen LogP contribution in [0.4, 0.5) is 39.5 Å². The molecule has 24 heavy (non-hydrogen) atoms. The average molecular weight is 371 g/mol. The summed E-state index contributed by atoms with van der Waals surface area (Å²) < 4.78 is 114. The number of benzene rings is 1. The topological polar surface area (TPSA) is 63.4 Å². The Hall–Kier alpha value is -2.05. The van der Waals surface area contributed by atoms with E-state index in [9.17, 15) is 54.7 Å². The van der Waals surface area contributed by atoms with Gasteiger partial charge in [-0.15, -0.1) is 0 Å². The first-order valence-electron chi connectivity index (χ1n) is 5.69. The molecule has 0 aliphatic carbocycles. The van der Waals surface area contributed by atoms with E-state index in [-0.39, 0.29) is 0 Å². The average Bonchev–Trinajstić information content (AvgIpc) is 2.33. The molecule has 13 heteroatoms. The van der Waals surface area contributed by atoms with E-state index >= 15 is 0 Å². The van der Waals surface area contributed by atoms with E-state index in [2.05, 4.69) is 0 Å². The summed E-state index contributed by atoms with van der Waals surface area (Å²) in [6.45, 7) is -2.37. The molecule has 1 aromatic rings. The maximum Gasteiger partial charge on any atom is 0.428 e. The zero-order chi connectivity index (χ0) is 19.1. The molecule has 136 valence electrons. The van der Waals surface area contributed by atoms with Crippen molar-refractivity contribution < 1.29 is 49.5 Å². The molecule has 1 unspecified atom stereocenters. The minimum Gasteiger partial charge on any atom is -0.371 e. The van der Waals surface area contributed by atoms with Gasteiger partial charge in [0.25, 0.3) is 5.60 Å². The molecule has 4 nitrogen and oxygen atoms in total. The highest BCUT2D eigenvalue weighted by Crippen LogP contribution is 2.43. The molecule has 0 spiro atoms. The van der Waals surface area contributed by atoms with Gasteiger partial charge in [0.05, 0.1) is 11.1 Å². The molecular weight excluding hydrogens is 365 g/mol. The Morgan fingerprint density at radius 1 is 0.833 bits per heavy atom. The molecule has 0 amide bonds. The van der Waals surface area contributed by atoms with E-state index in [1.807, 2.05) is 0 Å². The minimum atomic E-state index is -5.90. The van der Waals surface area contributed by atoms with Crippen LogP contribution in [0.25, 0.3) is 0 Å². The van der Waals surface area contributed by atoms with Crippen LogP contribution in [0.2, 0.25) is 0 Å². The second kappa shape index (κ2) is 5.79. The number of nitrogens with zero attached hydrogens (tertiary/aromatic N) is 1. The van der Waals surface area contributed by atoms with Gasteiger partial charge in [-0.3, -0.25) is 10.1 Å². The monoisotopic (exact) mass is 371 g/mol. The summed E-state index contributed by atoms with van der Waals surface area (Å²) >= 11 is 0. The van der Waals surface area contributed by atoms with Crippen molar-refractivity contribution in [1.29, 1.82) is 0 Å². The maximum absolute atomic E-state index is 12.9. The second-order valence-electron chi connectivity index (χ2n) is 4.64. The molecule has 0 aliphatic rings. The van der Waals surface area contributed by atoms with Gasteiger partial charge in [0, 0.05) is 10.5 Å². The van der Waals surface area contributed by atoms with Gasteiger partial charge in [0.1, 0.15) is 0 Å². The van der Waals surface area contributed by atoms with Crippen LogP contribution >= 0.6 is 0 Å². The van der Waals surface area contributed by atoms with Gasteiger partial charge < -0.3 is 5.11 Å². The van der Waals surface area contributed by atoms with E-state index in [4.69, 9.17) is 0 Å². The van der Waals surface area contributed by atoms with Crippen LogP contribution in [-0.2, 0) is 18.0 Å². The van der Waals surface area contributed by atoms with Crippen molar-refractivity contribution >= 4 is 0 Å². The lowest BCUT2D eigenvalue weighted by molar-refractivity contribution is -0.519. The quantitative estimate of drug-likeness (QED) is 0.500. The number of rotatable bonds is 3. The van der Waals surface area contributed by atoms with Crippen molar-refractivity contribution in [2.75, 3.05) is 6.54 Å². The van der Waals surface area contributed by atoms with Crippen molar-refractivity contribution in [1.82, 2.24) is 0 Å². The van der Waals surface area contributed by atoms with Gasteiger partial charge in [0.2, 0.25) is 6.54 Å². The van der Waals surface area contributed by atoms with Crippen molar-refractivity contribution in [3.63, 3.8) is 0 Å². The van der Waals surface area contributed by atoms with Crippen LogP contribution in [0.5, 0.6) is 0 Å². The van der Waals surface area contributed by atoms with Gasteiger partial charge >= 0.3 is 18.5 Å². The molecule has 0 aliphatic heterocycles. The molecule has 1 atom stereocenters. The minimum absolute atomic E-state index is 0.410. The SMILES string of the molecule is O=[N+]([O-])CC(O)(c1cc(C(F)(F)F)cc(C(F)(F)F)c1)C(F)(F)F. The first-order chi connectivity index (χ1) is 10.5. The fourth-order valence-corrected chi connectivity index (χ4v) is 1.73. The molecule has 0 heterocycles. The van der Waals surface area contributed by atoms with Gasteiger partial charge in [-0.25, -0.2) is 0 Å². The highest BCUT2D eigenvalue weighted by atomic mass is 19.4. The van der Waals surface area contributed by atoms with Gasteiger partial charge in [0.15, 0.2) is 0 Å². The molecule has 0 saturated carbocycles. The number of hydrogen-bond acceptors (Lipinski definition) is 3. The standard InChI is InChI=1S/C11H6F9NO3/c12-9(13,14)6-1-5(2-7(3-6)10(15,16)17)8(22,4-21(23)24)11(18,19)20/h1-3,22H,4H2. The number of alkyl halides is 9. The largest absolute Gasteiger partial charge is 0.428 e. The fourth-order valence-electron chi connectivity index (χ4n) is 1.73. The predicted octanol–water partition coefficient (Wildman–Crippen LogP) is 3.75. The zero-order valence-corrected chi connectivity index (χ0v) is 11.1. The molecule has 0 fully saturated rings. The van der Waals surface area contributed by atoms with Crippen LogP contribution in [0.1, 0.15) is 16.7 Å². The predicted molar refractivity (Wildman–Crippen MR) is 58.3 cm³/mol. The van der Waals surface area contributed by atoms with Gasteiger partial charge in [-0.1, -0.05) is 0 Å². The first-order valence-corrected chi connectivity index (χ1v) is 5.69.